The van der Waals surface area contributed by atoms with E-state index in [0.29, 0.717) is 47.1 Å². The number of rotatable bonds is 13. The molecule has 5 N–H and O–H groups in total. The Hall–Kier alpha value is -4.63. The third-order valence-electron chi connectivity index (χ3n) is 6.61. The standard InChI is InChI=1S/C28H29F3N7O6P/c1-16-19(18-12-34-38(14-18)9-4-10-39)6-8-22(24(16)26(40)32-2)35-25-20(28(29,30)31)13-33-27(37-25)36-21-7-5-17(11-23(21)43-3)15-44-45(41)42/h5-8,11-14,39H,4,9-10,15H2,1-3H3,(H3-,32,33,35,36,37,40,41,42)/p+1. The summed E-state index contributed by atoms with van der Waals surface area (Å²) in [5, 5.41) is 21.4. The summed E-state index contributed by atoms with van der Waals surface area (Å²) in [7, 11) is -0.0342. The largest absolute Gasteiger partial charge is 0.695 e. The Morgan fingerprint density at radius 2 is 1.89 bits per heavy atom. The molecule has 17 heteroatoms. The number of aromatic nitrogens is 4. The Morgan fingerprint density at radius 1 is 1.13 bits per heavy atom. The maximum absolute atomic E-state index is 14.1. The lowest BCUT2D eigenvalue weighted by Gasteiger charge is -2.19. The Labute approximate surface area is 256 Å². The quantitative estimate of drug-likeness (QED) is 0.123. The highest BCUT2D eigenvalue weighted by atomic mass is 31.1. The van der Waals surface area contributed by atoms with Crippen LogP contribution in [0.25, 0.3) is 11.1 Å². The fourth-order valence-corrected chi connectivity index (χ4v) is 4.71. The van der Waals surface area contributed by atoms with Crippen molar-refractivity contribution in [3.63, 3.8) is 0 Å². The minimum absolute atomic E-state index is 0.000676. The fraction of sp³-hybridized carbons (Fsp3) is 0.286. The molecule has 0 fully saturated rings. The van der Waals surface area contributed by atoms with E-state index >= 15 is 0 Å². The van der Waals surface area contributed by atoms with E-state index < -0.39 is 31.7 Å². The first kappa shape index (κ1) is 33.3. The monoisotopic (exact) mass is 648 g/mol. The average Bonchev–Trinajstić information content (AvgIpc) is 3.47. The number of nitrogens with zero attached hydrogens (tertiary/aromatic N) is 4. The predicted octanol–water partition coefficient (Wildman–Crippen LogP) is 5.07. The van der Waals surface area contributed by atoms with Gasteiger partial charge < -0.3 is 25.8 Å². The van der Waals surface area contributed by atoms with Gasteiger partial charge in [0.2, 0.25) is 5.95 Å². The second-order valence-electron chi connectivity index (χ2n) is 9.56. The molecule has 1 amide bonds. The van der Waals surface area contributed by atoms with Crippen molar-refractivity contribution in [3.8, 4) is 16.9 Å². The molecule has 0 aliphatic heterocycles. The number of ether oxygens (including phenoxy) is 1. The van der Waals surface area contributed by atoms with Crippen LogP contribution < -0.4 is 20.7 Å². The van der Waals surface area contributed by atoms with Crippen LogP contribution in [-0.4, -0.2) is 56.4 Å². The summed E-state index contributed by atoms with van der Waals surface area (Å²) in [4.78, 5) is 29.8. The summed E-state index contributed by atoms with van der Waals surface area (Å²) in [6.07, 6.45) is -0.354. The normalized spacial score (nSPS) is 11.7. The number of anilines is 4. The molecule has 13 nitrogen and oxygen atoms in total. The molecule has 4 aromatic rings. The van der Waals surface area contributed by atoms with Crippen molar-refractivity contribution >= 4 is 37.3 Å². The molecule has 0 aliphatic rings. The van der Waals surface area contributed by atoms with Crippen LogP contribution in [0, 0.1) is 6.92 Å². The van der Waals surface area contributed by atoms with E-state index in [4.69, 9.17) is 19.3 Å². The van der Waals surface area contributed by atoms with Crippen LogP contribution in [0.5, 0.6) is 5.75 Å². The predicted molar refractivity (Wildman–Crippen MR) is 159 cm³/mol. The van der Waals surface area contributed by atoms with Crippen molar-refractivity contribution in [2.45, 2.75) is 32.7 Å². The summed E-state index contributed by atoms with van der Waals surface area (Å²) in [6, 6.07) is 7.74. The maximum Gasteiger partial charge on any atom is 0.695 e. The summed E-state index contributed by atoms with van der Waals surface area (Å²) in [5.41, 5.74) is 1.62. The second-order valence-corrected chi connectivity index (χ2v) is 10.3. The molecule has 45 heavy (non-hydrogen) atoms. The van der Waals surface area contributed by atoms with E-state index in [9.17, 15) is 22.5 Å². The van der Waals surface area contributed by atoms with Crippen molar-refractivity contribution in [1.82, 2.24) is 25.1 Å². The van der Waals surface area contributed by atoms with Gasteiger partial charge in [0.25, 0.3) is 5.91 Å². The third-order valence-corrected chi connectivity index (χ3v) is 6.96. The highest BCUT2D eigenvalue weighted by Gasteiger charge is 2.36. The number of aliphatic hydroxyl groups excluding tert-OH is 1. The second kappa shape index (κ2) is 14.4. The number of halogens is 3. The minimum Gasteiger partial charge on any atom is -0.495 e. The third kappa shape index (κ3) is 8.10. The number of carbonyl (C=O) groups is 1. The van der Waals surface area contributed by atoms with E-state index in [2.05, 4.69) is 31.0 Å². The summed E-state index contributed by atoms with van der Waals surface area (Å²) >= 11 is 0. The Balaban J connectivity index is 1.71. The first-order valence-corrected chi connectivity index (χ1v) is 14.5. The highest BCUT2D eigenvalue weighted by molar-refractivity contribution is 7.32. The van der Waals surface area contributed by atoms with E-state index in [1.54, 1.807) is 36.1 Å². The molecule has 1 atom stereocenters. The Kier molecular flexibility index (Phi) is 10.7. The number of alkyl halides is 3. The van der Waals surface area contributed by atoms with Gasteiger partial charge >= 0.3 is 14.4 Å². The van der Waals surface area contributed by atoms with E-state index in [1.807, 2.05) is 0 Å². The molecule has 1 unspecified atom stereocenters. The molecule has 2 aromatic carbocycles. The minimum atomic E-state index is -4.83. The van der Waals surface area contributed by atoms with Crippen molar-refractivity contribution in [2.75, 3.05) is 31.4 Å². The molecule has 238 valence electrons. The first-order valence-electron chi connectivity index (χ1n) is 13.4. The van der Waals surface area contributed by atoms with Crippen LogP contribution in [0.1, 0.15) is 33.5 Å². The molecule has 0 spiro atoms. The Morgan fingerprint density at radius 3 is 2.56 bits per heavy atom. The van der Waals surface area contributed by atoms with E-state index in [1.165, 1.54) is 32.4 Å². The first-order chi connectivity index (χ1) is 21.4. The molecule has 2 aromatic heterocycles. The lowest BCUT2D eigenvalue weighted by Crippen LogP contribution is -2.21. The zero-order chi connectivity index (χ0) is 32.7. The van der Waals surface area contributed by atoms with Crippen LogP contribution in [0.4, 0.5) is 36.3 Å². The molecule has 0 saturated heterocycles. The van der Waals surface area contributed by atoms with E-state index in [-0.39, 0.29) is 36.2 Å². The number of aliphatic hydroxyl groups is 1. The van der Waals surface area contributed by atoms with E-state index in [0.717, 1.165) is 0 Å². The summed E-state index contributed by atoms with van der Waals surface area (Å²) in [5.74, 6) is -1.11. The van der Waals surface area contributed by atoms with Crippen LogP contribution in [0.15, 0.2) is 48.9 Å². The van der Waals surface area contributed by atoms with Gasteiger partial charge in [-0.1, -0.05) is 12.1 Å². The van der Waals surface area contributed by atoms with Gasteiger partial charge in [-0.05, 0) is 48.2 Å². The number of methoxy groups -OCH3 is 1. The number of carbonyl (C=O) groups excluding carboxylic acids is 1. The maximum atomic E-state index is 14.1. The number of hydrogen-bond acceptors (Lipinski definition) is 10. The molecular formula is C28H30F3N7O6P+. The molecule has 0 aliphatic carbocycles. The van der Waals surface area contributed by atoms with Gasteiger partial charge in [0.05, 0.1) is 30.2 Å². The smallest absolute Gasteiger partial charge is 0.495 e. The van der Waals surface area contributed by atoms with Gasteiger partial charge in [-0.2, -0.15) is 23.3 Å². The van der Waals surface area contributed by atoms with Gasteiger partial charge in [-0.25, -0.2) is 4.98 Å². The van der Waals surface area contributed by atoms with Crippen LogP contribution >= 0.6 is 8.25 Å². The van der Waals surface area contributed by atoms with Gasteiger partial charge in [0.1, 0.15) is 23.7 Å². The SMILES string of the molecule is CNC(=O)c1c(Nc2nc(Nc3ccc(CO[P+](=O)O)cc3OC)ncc2C(F)(F)F)ccc(-c2cnn(CCCO)c2)c1C. The fourth-order valence-electron chi connectivity index (χ4n) is 4.46. The zero-order valence-electron chi connectivity index (χ0n) is 24.3. The van der Waals surface area contributed by atoms with Crippen molar-refractivity contribution in [3.05, 3.63) is 71.2 Å². The van der Waals surface area contributed by atoms with Crippen LogP contribution in [0.3, 0.4) is 0 Å². The summed E-state index contributed by atoms with van der Waals surface area (Å²) < 4.78 is 64.7. The lowest BCUT2D eigenvalue weighted by molar-refractivity contribution is -0.137. The van der Waals surface area contributed by atoms with Gasteiger partial charge in [0, 0.05) is 42.7 Å². The van der Waals surface area contributed by atoms with Crippen molar-refractivity contribution in [1.29, 1.82) is 0 Å². The molecule has 0 radical (unpaired) electrons. The lowest BCUT2D eigenvalue weighted by atomic mass is 9.96. The van der Waals surface area contributed by atoms with Crippen LogP contribution in [0.2, 0.25) is 0 Å². The van der Waals surface area contributed by atoms with Gasteiger partial charge in [-0.3, -0.25) is 9.48 Å². The van der Waals surface area contributed by atoms with Gasteiger partial charge in [-0.15, -0.1) is 9.42 Å². The Bertz CT molecular complexity index is 1700. The number of aryl methyl sites for hydroxylation is 1. The van der Waals surface area contributed by atoms with Crippen molar-refractivity contribution < 1.29 is 41.8 Å². The summed E-state index contributed by atoms with van der Waals surface area (Å²) in [6.45, 7) is 1.98. The van der Waals surface area contributed by atoms with Crippen molar-refractivity contribution in [2.24, 2.45) is 0 Å². The van der Waals surface area contributed by atoms with Gasteiger partial charge in [0.15, 0.2) is 0 Å². The number of benzene rings is 2. The molecule has 0 saturated carbocycles. The number of amides is 1. The zero-order valence-corrected chi connectivity index (χ0v) is 25.2. The molecule has 4 rings (SSSR count). The molecular weight excluding hydrogens is 618 g/mol. The highest BCUT2D eigenvalue weighted by Crippen LogP contribution is 2.38. The number of nitrogens with one attached hydrogen (secondary N) is 3. The molecule has 2 heterocycles. The topological polar surface area (TPSA) is 173 Å². The average molecular weight is 649 g/mol. The van der Waals surface area contributed by atoms with Crippen LogP contribution in [-0.2, 0) is 28.4 Å². The molecule has 0 bridgehead atoms. The number of hydrogen-bond donors (Lipinski definition) is 5.